The van der Waals surface area contributed by atoms with Gasteiger partial charge in [-0.15, -0.1) is 0 Å². The Morgan fingerprint density at radius 3 is 2.36 bits per heavy atom. The van der Waals surface area contributed by atoms with Crippen LogP contribution in [0.2, 0.25) is 0 Å². The minimum absolute atomic E-state index is 0.0216. The number of amides is 1. The smallest absolute Gasteiger partial charge is 0.263 e. The van der Waals surface area contributed by atoms with E-state index in [-0.39, 0.29) is 46.9 Å². The van der Waals surface area contributed by atoms with E-state index in [0.717, 1.165) is 0 Å². The number of para-hydroxylation sites is 2. The maximum absolute atomic E-state index is 13.5. The number of aromatic hydroxyl groups is 1. The average molecular weight is 593 g/mol. The molecule has 0 spiro atoms. The van der Waals surface area contributed by atoms with Gasteiger partial charge in [-0.05, 0) is 44.2 Å². The molecule has 2 heterocycles. The number of fused-ring (bicyclic) bond motifs is 1. The Labute approximate surface area is 243 Å². The Bertz CT molecular complexity index is 1710. The summed E-state index contributed by atoms with van der Waals surface area (Å²) >= 11 is 0. The Morgan fingerprint density at radius 2 is 1.67 bits per heavy atom. The lowest BCUT2D eigenvalue weighted by Gasteiger charge is -2.34. The van der Waals surface area contributed by atoms with Crippen molar-refractivity contribution in [1.82, 2.24) is 14.9 Å². The van der Waals surface area contributed by atoms with Crippen LogP contribution in [0.25, 0.3) is 11.0 Å². The Morgan fingerprint density at radius 1 is 0.976 bits per heavy atom. The van der Waals surface area contributed by atoms with Crippen molar-refractivity contribution in [3.8, 4) is 11.5 Å². The van der Waals surface area contributed by atoms with Crippen molar-refractivity contribution in [2.45, 2.75) is 31.0 Å². The fourth-order valence-electron chi connectivity index (χ4n) is 4.81. The lowest BCUT2D eigenvalue weighted by molar-refractivity contribution is -0.121. The molecule has 220 valence electrons. The van der Waals surface area contributed by atoms with Crippen molar-refractivity contribution in [2.75, 3.05) is 42.1 Å². The predicted molar refractivity (Wildman–Crippen MR) is 160 cm³/mol. The van der Waals surface area contributed by atoms with Crippen LogP contribution in [0.3, 0.4) is 0 Å². The van der Waals surface area contributed by atoms with E-state index in [2.05, 4.69) is 25.3 Å². The third-order valence-corrected chi connectivity index (χ3v) is 7.82. The third kappa shape index (κ3) is 7.05. The Hall–Kier alpha value is -4.46. The molecule has 13 heteroatoms. The molecule has 0 radical (unpaired) electrons. The molecule has 1 aliphatic heterocycles. The normalized spacial score (nSPS) is 17.5. The zero-order chi connectivity index (χ0) is 29.9. The molecule has 0 bridgehead atoms. The van der Waals surface area contributed by atoms with Crippen molar-refractivity contribution >= 4 is 50.0 Å². The molecule has 42 heavy (non-hydrogen) atoms. The topological polar surface area (TPSA) is 155 Å². The summed E-state index contributed by atoms with van der Waals surface area (Å²) in [7, 11) is -2.70. The van der Waals surface area contributed by atoms with Gasteiger partial charge in [0.2, 0.25) is 5.91 Å². The van der Waals surface area contributed by atoms with Crippen molar-refractivity contribution in [3.63, 3.8) is 0 Å². The molecule has 0 aliphatic carbocycles. The number of hydrogen-bond donors (Lipinski definition) is 4. The Balaban J connectivity index is 1.38. The zero-order valence-corrected chi connectivity index (χ0v) is 24.2. The third-order valence-electron chi connectivity index (χ3n) is 6.48. The van der Waals surface area contributed by atoms with Gasteiger partial charge in [0.1, 0.15) is 11.5 Å². The number of phenolic OH excluding ortho intramolecular Hbond substituents is 1. The summed E-state index contributed by atoms with van der Waals surface area (Å²) in [6, 6.07) is 17.5. The lowest BCUT2D eigenvalue weighted by Crippen LogP contribution is -2.48. The van der Waals surface area contributed by atoms with Gasteiger partial charge < -0.3 is 25.2 Å². The van der Waals surface area contributed by atoms with Gasteiger partial charge in [0.15, 0.2) is 11.6 Å². The number of phenols is 1. The number of aromatic nitrogens is 2. The first kappa shape index (κ1) is 29.0. The van der Waals surface area contributed by atoms with Gasteiger partial charge in [-0.25, -0.2) is 18.4 Å². The molecule has 4 N–H and O–H groups in total. The van der Waals surface area contributed by atoms with Crippen molar-refractivity contribution in [3.05, 3.63) is 66.7 Å². The van der Waals surface area contributed by atoms with Crippen molar-refractivity contribution in [1.29, 1.82) is 0 Å². The summed E-state index contributed by atoms with van der Waals surface area (Å²) in [5.74, 6) is 0.144. The molecule has 2 atom stereocenters. The number of anilines is 4. The molecule has 12 nitrogen and oxygen atoms in total. The minimum atomic E-state index is -4.16. The van der Waals surface area contributed by atoms with Crippen LogP contribution >= 0.6 is 0 Å². The molecule has 1 amide bonds. The maximum Gasteiger partial charge on any atom is 0.263 e. The van der Waals surface area contributed by atoms with Crippen LogP contribution in [0, 0.1) is 0 Å². The summed E-state index contributed by atoms with van der Waals surface area (Å²) in [6.07, 6.45) is 0.0431. The number of benzene rings is 3. The van der Waals surface area contributed by atoms with E-state index in [1.165, 1.54) is 31.4 Å². The highest BCUT2D eigenvalue weighted by Crippen LogP contribution is 2.31. The predicted octanol–water partition coefficient (Wildman–Crippen LogP) is 3.94. The fourth-order valence-corrected chi connectivity index (χ4v) is 5.87. The number of rotatable bonds is 9. The summed E-state index contributed by atoms with van der Waals surface area (Å²) < 4.78 is 40.5. The molecule has 1 aliphatic rings. The summed E-state index contributed by atoms with van der Waals surface area (Å²) in [4.78, 5) is 23.7. The van der Waals surface area contributed by atoms with E-state index in [1.54, 1.807) is 42.5 Å². The molecule has 5 rings (SSSR count). The van der Waals surface area contributed by atoms with Gasteiger partial charge in [0, 0.05) is 42.7 Å². The van der Waals surface area contributed by atoms with E-state index >= 15 is 0 Å². The number of hydrogen-bond acceptors (Lipinski definition) is 10. The molecule has 1 saturated heterocycles. The van der Waals surface area contributed by atoms with Crippen molar-refractivity contribution in [2.24, 2.45) is 0 Å². The standard InChI is InChI=1S/C29H32N6O6S/c1-18-15-35(16-19(2)41-18)17-27(37)30-20-7-6-8-24(13-20)42(38,39)34-29-28(32-25-9-4-5-10-26(25)33-29)31-21-11-22(36)14-23(12-21)40-3/h4-14,18-19,36H,15-17H2,1-3H3,(H,30,37)(H,31,32)(H,33,34). The van der Waals surface area contributed by atoms with E-state index in [1.807, 2.05) is 18.7 Å². The Kier molecular flexibility index (Phi) is 8.43. The number of nitrogens with one attached hydrogen (secondary N) is 3. The van der Waals surface area contributed by atoms with Gasteiger partial charge in [0.05, 0.1) is 41.8 Å². The second kappa shape index (κ2) is 12.2. The molecular weight excluding hydrogens is 560 g/mol. The number of methoxy groups -OCH3 is 1. The highest BCUT2D eigenvalue weighted by Gasteiger charge is 2.24. The zero-order valence-electron chi connectivity index (χ0n) is 23.4. The first-order valence-electron chi connectivity index (χ1n) is 13.3. The summed E-state index contributed by atoms with van der Waals surface area (Å²) in [5.41, 5.74) is 1.75. The second-order valence-corrected chi connectivity index (χ2v) is 11.8. The number of carbonyl (C=O) groups excluding carboxylic acids is 1. The highest BCUT2D eigenvalue weighted by atomic mass is 32.2. The SMILES string of the molecule is COc1cc(O)cc(Nc2nc3ccccc3nc2NS(=O)(=O)c2cccc(NC(=O)CN3CC(C)OC(C)C3)c2)c1. The monoisotopic (exact) mass is 592 g/mol. The van der Waals surface area contributed by atoms with Gasteiger partial charge in [0.25, 0.3) is 10.0 Å². The largest absolute Gasteiger partial charge is 0.508 e. The number of ether oxygens (including phenoxy) is 2. The quantitative estimate of drug-likeness (QED) is 0.225. The van der Waals surface area contributed by atoms with Crippen LogP contribution in [0.1, 0.15) is 13.8 Å². The highest BCUT2D eigenvalue weighted by molar-refractivity contribution is 7.92. The molecule has 1 fully saturated rings. The number of carbonyl (C=O) groups is 1. The van der Waals surface area contributed by atoms with Gasteiger partial charge in [-0.2, -0.15) is 0 Å². The maximum atomic E-state index is 13.5. The summed E-state index contributed by atoms with van der Waals surface area (Å²) in [6.45, 7) is 5.35. The number of sulfonamides is 1. The van der Waals surface area contributed by atoms with Crippen LogP contribution in [0.5, 0.6) is 11.5 Å². The molecule has 2 unspecified atom stereocenters. The average Bonchev–Trinajstić information content (AvgIpc) is 2.92. The molecule has 3 aromatic carbocycles. The van der Waals surface area contributed by atoms with Crippen molar-refractivity contribution < 1.29 is 27.8 Å². The van der Waals surface area contributed by atoms with Gasteiger partial charge in [-0.3, -0.25) is 14.4 Å². The van der Waals surface area contributed by atoms with E-state index < -0.39 is 10.0 Å². The summed E-state index contributed by atoms with van der Waals surface area (Å²) in [5, 5.41) is 15.9. The van der Waals surface area contributed by atoms with E-state index in [9.17, 15) is 18.3 Å². The van der Waals surface area contributed by atoms with E-state index in [4.69, 9.17) is 9.47 Å². The molecular formula is C29H32N6O6S. The fraction of sp³-hybridized carbons (Fsp3) is 0.276. The van der Waals surface area contributed by atoms with Crippen LogP contribution in [-0.2, 0) is 19.6 Å². The number of nitrogens with zero attached hydrogens (tertiary/aromatic N) is 3. The van der Waals surface area contributed by atoms with Crippen LogP contribution in [0.15, 0.2) is 71.6 Å². The van der Waals surface area contributed by atoms with Gasteiger partial charge in [-0.1, -0.05) is 18.2 Å². The van der Waals surface area contributed by atoms with Crippen LogP contribution < -0.4 is 20.1 Å². The van der Waals surface area contributed by atoms with Crippen LogP contribution in [-0.4, -0.2) is 73.3 Å². The molecule has 4 aromatic rings. The van der Waals surface area contributed by atoms with E-state index in [0.29, 0.717) is 41.2 Å². The lowest BCUT2D eigenvalue weighted by atomic mass is 10.2. The first-order valence-corrected chi connectivity index (χ1v) is 14.8. The number of morpholine rings is 1. The van der Waals surface area contributed by atoms with Gasteiger partial charge >= 0.3 is 0 Å². The molecule has 0 saturated carbocycles. The first-order chi connectivity index (χ1) is 20.1. The van der Waals surface area contributed by atoms with Crippen LogP contribution in [0.4, 0.5) is 23.0 Å². The minimum Gasteiger partial charge on any atom is -0.508 e. The second-order valence-electron chi connectivity index (χ2n) is 10.1. The molecule has 1 aromatic heterocycles.